The van der Waals surface area contributed by atoms with Crippen molar-refractivity contribution in [1.82, 2.24) is 9.80 Å². The van der Waals surface area contributed by atoms with Crippen LogP contribution in [0.3, 0.4) is 0 Å². The summed E-state index contributed by atoms with van der Waals surface area (Å²) in [6, 6.07) is 13.7. The third kappa shape index (κ3) is 5.13. The Labute approximate surface area is 201 Å². The second-order valence-electron chi connectivity index (χ2n) is 8.09. The molecule has 2 aliphatic heterocycles. The highest BCUT2D eigenvalue weighted by molar-refractivity contribution is 9.10. The number of hydrogen-bond donors (Lipinski definition) is 1. The van der Waals surface area contributed by atoms with E-state index in [1.807, 2.05) is 24.3 Å². The Morgan fingerprint density at radius 2 is 1.88 bits per heavy atom. The molecule has 0 bridgehead atoms. The Bertz CT molecular complexity index is 1060. The molecule has 1 unspecified atom stereocenters. The van der Waals surface area contributed by atoms with Crippen molar-refractivity contribution in [3.63, 3.8) is 0 Å². The van der Waals surface area contributed by atoms with Gasteiger partial charge in [-0.25, -0.2) is 0 Å². The number of ketones is 1. The van der Waals surface area contributed by atoms with Crippen LogP contribution in [-0.2, 0) is 14.3 Å². The third-order valence-corrected chi connectivity index (χ3v) is 6.52. The van der Waals surface area contributed by atoms with Gasteiger partial charge in [0.2, 0.25) is 0 Å². The van der Waals surface area contributed by atoms with Crippen molar-refractivity contribution >= 4 is 33.4 Å². The number of likely N-dealkylation sites (tertiary alicyclic amines) is 1. The lowest BCUT2D eigenvalue weighted by Gasteiger charge is -2.29. The van der Waals surface area contributed by atoms with Crippen molar-refractivity contribution in [1.29, 1.82) is 0 Å². The molecule has 0 saturated carbocycles. The molecule has 2 saturated heterocycles. The molecule has 2 aliphatic rings. The van der Waals surface area contributed by atoms with Gasteiger partial charge in [-0.2, -0.15) is 0 Å². The fourth-order valence-electron chi connectivity index (χ4n) is 4.35. The SMILES string of the molecule is COc1cccc(/C(O)=C2\C(=O)C(=O)N(CCCN3CCOCC3)C2c2cccc(Br)c2)c1. The number of nitrogens with zero attached hydrogens (tertiary/aromatic N) is 2. The lowest BCUT2D eigenvalue weighted by Crippen LogP contribution is -2.38. The van der Waals surface area contributed by atoms with Gasteiger partial charge in [0, 0.05) is 36.2 Å². The summed E-state index contributed by atoms with van der Waals surface area (Å²) in [6.07, 6.45) is 0.719. The fraction of sp³-hybridized carbons (Fsp3) is 0.360. The number of halogens is 1. The summed E-state index contributed by atoms with van der Waals surface area (Å²) < 4.78 is 11.5. The van der Waals surface area contributed by atoms with Crippen molar-refractivity contribution in [2.75, 3.05) is 46.5 Å². The molecule has 0 radical (unpaired) electrons. The Hall–Kier alpha value is -2.68. The maximum Gasteiger partial charge on any atom is 0.295 e. The van der Waals surface area contributed by atoms with Crippen LogP contribution in [0.2, 0.25) is 0 Å². The van der Waals surface area contributed by atoms with Gasteiger partial charge in [-0.3, -0.25) is 14.5 Å². The largest absolute Gasteiger partial charge is 0.507 e. The zero-order chi connectivity index (χ0) is 23.4. The molecule has 2 aromatic carbocycles. The predicted octanol–water partition coefficient (Wildman–Crippen LogP) is 3.60. The molecule has 2 heterocycles. The number of carbonyl (C=O) groups is 2. The normalized spacial score (nSPS) is 20.9. The van der Waals surface area contributed by atoms with Crippen LogP contribution < -0.4 is 4.74 Å². The van der Waals surface area contributed by atoms with E-state index in [1.54, 1.807) is 29.2 Å². The van der Waals surface area contributed by atoms with E-state index in [1.165, 1.54) is 7.11 Å². The van der Waals surface area contributed by atoms with E-state index in [9.17, 15) is 14.7 Å². The highest BCUT2D eigenvalue weighted by Gasteiger charge is 2.45. The van der Waals surface area contributed by atoms with E-state index in [0.717, 1.165) is 36.1 Å². The Morgan fingerprint density at radius 3 is 2.61 bits per heavy atom. The Balaban J connectivity index is 1.68. The summed E-state index contributed by atoms with van der Waals surface area (Å²) in [5, 5.41) is 11.2. The zero-order valence-corrected chi connectivity index (χ0v) is 20.1. The standard InChI is InChI=1S/C25H27BrN2O5/c1-32-20-8-3-6-18(16-20)23(29)21-22(17-5-2-7-19(26)15-17)28(25(31)24(21)30)10-4-9-27-11-13-33-14-12-27/h2-3,5-8,15-16,22,29H,4,9-14H2,1H3/b23-21+. The predicted molar refractivity (Wildman–Crippen MR) is 128 cm³/mol. The summed E-state index contributed by atoms with van der Waals surface area (Å²) >= 11 is 3.48. The molecular formula is C25H27BrN2O5. The number of aliphatic hydroxyl groups is 1. The van der Waals surface area contributed by atoms with E-state index in [-0.39, 0.29) is 11.3 Å². The zero-order valence-electron chi connectivity index (χ0n) is 18.5. The average Bonchev–Trinajstić information content (AvgIpc) is 3.09. The monoisotopic (exact) mass is 514 g/mol. The van der Waals surface area contributed by atoms with Crippen LogP contribution in [0.4, 0.5) is 0 Å². The molecule has 0 aromatic heterocycles. The van der Waals surface area contributed by atoms with Gasteiger partial charge in [0.05, 0.1) is 31.9 Å². The molecule has 0 spiro atoms. The second kappa shape index (κ2) is 10.5. The Morgan fingerprint density at radius 1 is 1.12 bits per heavy atom. The molecule has 2 aromatic rings. The van der Waals surface area contributed by atoms with Crippen molar-refractivity contribution < 1.29 is 24.2 Å². The van der Waals surface area contributed by atoms with Gasteiger partial charge in [0.1, 0.15) is 11.5 Å². The molecular weight excluding hydrogens is 488 g/mol. The molecule has 1 atom stereocenters. The van der Waals surface area contributed by atoms with Crippen molar-refractivity contribution in [3.05, 3.63) is 69.7 Å². The number of morpholine rings is 1. The first-order valence-electron chi connectivity index (χ1n) is 11.0. The van der Waals surface area contributed by atoms with Crippen molar-refractivity contribution in [2.24, 2.45) is 0 Å². The van der Waals surface area contributed by atoms with E-state index < -0.39 is 17.7 Å². The van der Waals surface area contributed by atoms with Crippen LogP contribution in [0.25, 0.3) is 5.76 Å². The molecule has 1 N–H and O–H groups in total. The van der Waals surface area contributed by atoms with Crippen LogP contribution >= 0.6 is 15.9 Å². The van der Waals surface area contributed by atoms with Gasteiger partial charge in [0.25, 0.3) is 11.7 Å². The highest BCUT2D eigenvalue weighted by Crippen LogP contribution is 2.40. The number of amides is 1. The van der Waals surface area contributed by atoms with Crippen LogP contribution in [0.1, 0.15) is 23.6 Å². The first-order chi connectivity index (χ1) is 16.0. The quantitative estimate of drug-likeness (QED) is 0.345. The van der Waals surface area contributed by atoms with Gasteiger partial charge in [-0.15, -0.1) is 0 Å². The van der Waals surface area contributed by atoms with E-state index in [2.05, 4.69) is 20.8 Å². The highest BCUT2D eigenvalue weighted by atomic mass is 79.9. The molecule has 1 amide bonds. The summed E-state index contributed by atoms with van der Waals surface area (Å²) in [7, 11) is 1.54. The van der Waals surface area contributed by atoms with Gasteiger partial charge < -0.3 is 19.5 Å². The summed E-state index contributed by atoms with van der Waals surface area (Å²) in [5.74, 6) is -0.913. The van der Waals surface area contributed by atoms with Crippen LogP contribution in [0.5, 0.6) is 5.75 Å². The molecule has 174 valence electrons. The van der Waals surface area contributed by atoms with Crippen LogP contribution in [0.15, 0.2) is 58.6 Å². The molecule has 8 heteroatoms. The second-order valence-corrected chi connectivity index (χ2v) is 9.00. The van der Waals surface area contributed by atoms with Crippen LogP contribution in [0, 0.1) is 0 Å². The third-order valence-electron chi connectivity index (χ3n) is 6.02. The van der Waals surface area contributed by atoms with Crippen molar-refractivity contribution in [3.8, 4) is 5.75 Å². The number of benzene rings is 2. The number of Topliss-reactive ketones (excluding diaryl/α,β-unsaturated/α-hetero) is 1. The topological polar surface area (TPSA) is 79.3 Å². The minimum absolute atomic E-state index is 0.0951. The fourth-order valence-corrected chi connectivity index (χ4v) is 4.77. The van der Waals surface area contributed by atoms with Gasteiger partial charge in [0.15, 0.2) is 0 Å². The minimum atomic E-state index is -0.674. The molecule has 7 nitrogen and oxygen atoms in total. The Kier molecular flexibility index (Phi) is 7.47. The van der Waals surface area contributed by atoms with Gasteiger partial charge >= 0.3 is 0 Å². The first kappa shape index (κ1) is 23.5. The summed E-state index contributed by atoms with van der Waals surface area (Å²) in [4.78, 5) is 30.1. The number of ether oxygens (including phenoxy) is 2. The number of aliphatic hydroxyl groups excluding tert-OH is 1. The van der Waals surface area contributed by atoms with Crippen LogP contribution in [-0.4, -0.2) is 73.1 Å². The molecule has 4 rings (SSSR count). The minimum Gasteiger partial charge on any atom is -0.507 e. The van der Waals surface area contributed by atoms with E-state index in [4.69, 9.17) is 9.47 Å². The number of rotatable bonds is 7. The molecule has 2 fully saturated rings. The number of carbonyl (C=O) groups excluding carboxylic acids is 2. The average molecular weight is 515 g/mol. The lowest BCUT2D eigenvalue weighted by atomic mass is 9.95. The number of methoxy groups -OCH3 is 1. The maximum absolute atomic E-state index is 13.1. The smallest absolute Gasteiger partial charge is 0.295 e. The van der Waals surface area contributed by atoms with E-state index >= 15 is 0 Å². The van der Waals surface area contributed by atoms with Crippen molar-refractivity contribution in [2.45, 2.75) is 12.5 Å². The lowest BCUT2D eigenvalue weighted by molar-refractivity contribution is -0.140. The number of hydrogen-bond acceptors (Lipinski definition) is 6. The summed E-state index contributed by atoms with van der Waals surface area (Å²) in [5.41, 5.74) is 1.29. The van der Waals surface area contributed by atoms with E-state index in [0.29, 0.717) is 31.1 Å². The molecule has 0 aliphatic carbocycles. The van der Waals surface area contributed by atoms with Gasteiger partial charge in [-0.05, 0) is 36.2 Å². The first-order valence-corrected chi connectivity index (χ1v) is 11.8. The summed E-state index contributed by atoms with van der Waals surface area (Å²) in [6.45, 7) is 4.38. The maximum atomic E-state index is 13.1. The molecule has 33 heavy (non-hydrogen) atoms. The van der Waals surface area contributed by atoms with Gasteiger partial charge in [-0.1, -0.05) is 40.2 Å².